The van der Waals surface area contributed by atoms with Crippen molar-refractivity contribution < 1.29 is 0 Å². The van der Waals surface area contributed by atoms with Crippen molar-refractivity contribution in [3.8, 4) is 0 Å². The van der Waals surface area contributed by atoms with E-state index in [4.69, 9.17) is 0 Å². The lowest BCUT2D eigenvalue weighted by molar-refractivity contribution is 0.0330. The number of rotatable bonds is 7. The molecule has 0 radical (unpaired) electrons. The average molecular weight is 349 g/mol. The predicted molar refractivity (Wildman–Crippen MR) is 83.7 cm³/mol. The Balaban J connectivity index is 1.64. The van der Waals surface area contributed by atoms with Crippen LogP contribution in [0.25, 0.3) is 0 Å². The zero-order valence-corrected chi connectivity index (χ0v) is 13.5. The van der Waals surface area contributed by atoms with E-state index in [1.165, 1.54) is 77.3 Å². The van der Waals surface area contributed by atoms with Gasteiger partial charge in [0.15, 0.2) is 0 Å². The van der Waals surface area contributed by atoms with E-state index in [1.54, 1.807) is 0 Å². The lowest BCUT2D eigenvalue weighted by Gasteiger charge is -2.51. The number of fused-ring (bicyclic) bond motifs is 3. The molecule has 0 saturated carbocycles. The SMILES string of the molecule is CCCCCCCCC1(I)CC2CCN1CC2. The monoisotopic (exact) mass is 349 g/mol. The molecule has 1 atom stereocenters. The van der Waals surface area contributed by atoms with E-state index >= 15 is 0 Å². The highest BCUT2D eigenvalue weighted by molar-refractivity contribution is 14.1. The fraction of sp³-hybridized carbons (Fsp3) is 1.00. The first-order valence-electron chi connectivity index (χ1n) is 7.68. The first-order valence-corrected chi connectivity index (χ1v) is 8.76. The van der Waals surface area contributed by atoms with Crippen molar-refractivity contribution in [2.75, 3.05) is 13.1 Å². The van der Waals surface area contributed by atoms with Crippen molar-refractivity contribution in [3.05, 3.63) is 0 Å². The summed E-state index contributed by atoms with van der Waals surface area (Å²) in [5, 5.41) is 0. The van der Waals surface area contributed by atoms with Crippen molar-refractivity contribution >= 4 is 22.6 Å². The van der Waals surface area contributed by atoms with E-state index in [0.717, 1.165) is 5.92 Å². The third-order valence-electron chi connectivity index (χ3n) is 4.70. The smallest absolute Gasteiger partial charge is 0.0732 e. The van der Waals surface area contributed by atoms with Crippen LogP contribution < -0.4 is 0 Å². The number of nitrogens with zero attached hydrogens (tertiary/aromatic N) is 1. The van der Waals surface area contributed by atoms with Gasteiger partial charge in [-0.2, -0.15) is 0 Å². The second-order valence-electron chi connectivity index (χ2n) is 6.07. The van der Waals surface area contributed by atoms with Crippen molar-refractivity contribution in [3.63, 3.8) is 0 Å². The zero-order valence-electron chi connectivity index (χ0n) is 11.4. The van der Waals surface area contributed by atoms with Crippen molar-refractivity contribution in [2.45, 2.75) is 74.7 Å². The Hall–Kier alpha value is 0.690. The second-order valence-corrected chi connectivity index (χ2v) is 8.08. The van der Waals surface area contributed by atoms with Gasteiger partial charge < -0.3 is 0 Å². The fourth-order valence-electron chi connectivity index (χ4n) is 3.55. The maximum absolute atomic E-state index is 2.78. The molecule has 0 aliphatic carbocycles. The molecule has 17 heavy (non-hydrogen) atoms. The van der Waals surface area contributed by atoms with E-state index < -0.39 is 0 Å². The molecule has 3 aliphatic rings. The first-order chi connectivity index (χ1) is 8.24. The summed E-state index contributed by atoms with van der Waals surface area (Å²) >= 11 is 2.78. The number of piperidine rings is 3. The van der Waals surface area contributed by atoms with Crippen LogP contribution in [0, 0.1) is 5.92 Å². The Labute approximate surface area is 121 Å². The van der Waals surface area contributed by atoms with Gasteiger partial charge in [0.05, 0.1) is 3.55 Å². The van der Waals surface area contributed by atoms with Crippen LogP contribution in [0.2, 0.25) is 0 Å². The van der Waals surface area contributed by atoms with Crippen LogP contribution in [0.3, 0.4) is 0 Å². The lowest BCUT2D eigenvalue weighted by Crippen LogP contribution is -2.54. The van der Waals surface area contributed by atoms with Crippen LogP contribution in [-0.2, 0) is 0 Å². The van der Waals surface area contributed by atoms with Gasteiger partial charge in [0.25, 0.3) is 0 Å². The summed E-state index contributed by atoms with van der Waals surface area (Å²) in [6, 6.07) is 0. The molecular formula is C15H28IN. The topological polar surface area (TPSA) is 3.24 Å². The van der Waals surface area contributed by atoms with Crippen LogP contribution in [0.15, 0.2) is 0 Å². The highest BCUT2D eigenvalue weighted by Crippen LogP contribution is 2.46. The molecule has 2 heteroatoms. The van der Waals surface area contributed by atoms with Gasteiger partial charge in [-0.25, -0.2) is 0 Å². The molecule has 0 aromatic heterocycles. The molecule has 0 amide bonds. The largest absolute Gasteiger partial charge is 0.289 e. The number of hydrogen-bond donors (Lipinski definition) is 0. The van der Waals surface area contributed by atoms with Crippen LogP contribution in [-0.4, -0.2) is 21.5 Å². The summed E-state index contributed by atoms with van der Waals surface area (Å²) in [6.45, 7) is 5.05. The molecule has 0 spiro atoms. The summed E-state index contributed by atoms with van der Waals surface area (Å²) in [4.78, 5) is 2.78. The van der Waals surface area contributed by atoms with Crippen LogP contribution >= 0.6 is 22.6 Å². The molecular weight excluding hydrogens is 321 g/mol. The third kappa shape index (κ3) is 3.82. The van der Waals surface area contributed by atoms with E-state index in [1.807, 2.05) is 0 Å². The number of unbranched alkanes of at least 4 members (excludes halogenated alkanes) is 5. The predicted octanol–water partition coefficient (Wildman–Crippen LogP) is 4.98. The van der Waals surface area contributed by atoms with Gasteiger partial charge in [-0.3, -0.25) is 4.90 Å². The van der Waals surface area contributed by atoms with E-state index in [9.17, 15) is 0 Å². The van der Waals surface area contributed by atoms with Gasteiger partial charge in [0, 0.05) is 0 Å². The van der Waals surface area contributed by atoms with E-state index in [2.05, 4.69) is 34.4 Å². The normalized spacial score (nSPS) is 36.4. The van der Waals surface area contributed by atoms with Crippen molar-refractivity contribution in [1.82, 2.24) is 4.90 Å². The van der Waals surface area contributed by atoms with E-state index in [-0.39, 0.29) is 0 Å². The molecule has 0 aromatic rings. The molecule has 3 saturated heterocycles. The summed E-state index contributed by atoms with van der Waals surface area (Å²) in [5.74, 6) is 1.05. The molecule has 1 nitrogen and oxygen atoms in total. The Morgan fingerprint density at radius 3 is 2.29 bits per heavy atom. The fourth-order valence-corrected chi connectivity index (χ4v) is 5.03. The Morgan fingerprint density at radius 1 is 1.06 bits per heavy atom. The standard InChI is InChI=1S/C15H28IN/c1-2-3-4-5-6-7-10-15(16)13-14-8-11-17(15)12-9-14/h14H,2-13H2,1H3. The number of hydrogen-bond acceptors (Lipinski definition) is 1. The quantitative estimate of drug-likeness (QED) is 0.271. The summed E-state index contributed by atoms with van der Waals surface area (Å²) in [5.41, 5.74) is 0. The summed E-state index contributed by atoms with van der Waals surface area (Å²) in [7, 11) is 0. The lowest BCUT2D eigenvalue weighted by atomic mass is 9.81. The first kappa shape index (κ1) is 14.1. The minimum absolute atomic E-state index is 0.545. The Morgan fingerprint density at radius 2 is 1.71 bits per heavy atom. The number of halogens is 1. The van der Waals surface area contributed by atoms with Crippen LogP contribution in [0.5, 0.6) is 0 Å². The van der Waals surface area contributed by atoms with Crippen molar-refractivity contribution in [1.29, 1.82) is 0 Å². The summed E-state index contributed by atoms with van der Waals surface area (Å²) in [6.07, 6.45) is 14.5. The molecule has 100 valence electrons. The highest BCUT2D eigenvalue weighted by Gasteiger charge is 2.43. The zero-order chi connectivity index (χ0) is 12.1. The summed E-state index contributed by atoms with van der Waals surface area (Å²) < 4.78 is 0.545. The molecule has 3 rings (SSSR count). The van der Waals surface area contributed by atoms with Gasteiger partial charge in [-0.05, 0) is 44.7 Å². The molecule has 3 heterocycles. The number of alkyl halides is 1. The van der Waals surface area contributed by atoms with Crippen molar-refractivity contribution in [2.24, 2.45) is 5.92 Å². The minimum Gasteiger partial charge on any atom is -0.289 e. The van der Waals surface area contributed by atoms with Crippen LogP contribution in [0.1, 0.15) is 71.1 Å². The molecule has 3 fully saturated rings. The maximum atomic E-state index is 2.78. The third-order valence-corrected chi connectivity index (χ3v) is 6.36. The minimum atomic E-state index is 0.545. The van der Waals surface area contributed by atoms with E-state index in [0.29, 0.717) is 3.55 Å². The van der Waals surface area contributed by atoms with Crippen LogP contribution in [0.4, 0.5) is 0 Å². The van der Waals surface area contributed by atoms with Gasteiger partial charge in [0.2, 0.25) is 0 Å². The molecule has 2 bridgehead atoms. The maximum Gasteiger partial charge on any atom is 0.0732 e. The molecule has 1 unspecified atom stereocenters. The Bertz CT molecular complexity index is 223. The van der Waals surface area contributed by atoms with Gasteiger partial charge in [0.1, 0.15) is 0 Å². The van der Waals surface area contributed by atoms with Gasteiger partial charge >= 0.3 is 0 Å². The highest BCUT2D eigenvalue weighted by atomic mass is 127. The molecule has 3 aliphatic heterocycles. The molecule has 0 N–H and O–H groups in total. The second kappa shape index (κ2) is 6.74. The molecule has 0 aromatic carbocycles. The Kier molecular flexibility index (Phi) is 5.59. The van der Waals surface area contributed by atoms with Gasteiger partial charge in [-0.1, -0.05) is 68.0 Å². The average Bonchev–Trinajstić information content (AvgIpc) is 2.35. The van der Waals surface area contributed by atoms with Gasteiger partial charge in [-0.15, -0.1) is 0 Å².